The SMILES string of the molecule is O=C(c1nc2c(o1)CCN(Cc1ccccc1F)CC2)N1CCOCC1. The van der Waals surface area contributed by atoms with E-state index in [1.54, 1.807) is 11.0 Å². The number of hydrogen-bond donors (Lipinski definition) is 0. The predicted octanol–water partition coefficient (Wildman–Crippen LogP) is 1.89. The van der Waals surface area contributed by atoms with Crippen molar-refractivity contribution < 1.29 is 18.3 Å². The highest BCUT2D eigenvalue weighted by Crippen LogP contribution is 2.20. The molecular formula is C19H22FN3O3. The van der Waals surface area contributed by atoms with E-state index in [-0.39, 0.29) is 17.6 Å². The van der Waals surface area contributed by atoms with Crippen molar-refractivity contribution in [2.24, 2.45) is 0 Å². The van der Waals surface area contributed by atoms with Crippen molar-refractivity contribution in [1.29, 1.82) is 0 Å². The number of amides is 1. The monoisotopic (exact) mass is 359 g/mol. The first-order chi connectivity index (χ1) is 12.7. The van der Waals surface area contributed by atoms with Crippen molar-refractivity contribution in [1.82, 2.24) is 14.8 Å². The molecule has 1 fully saturated rings. The standard InChI is InChI=1S/C19H22FN3O3/c20-15-4-2-1-3-14(15)13-22-7-5-16-17(6-8-22)26-18(21-16)19(24)23-9-11-25-12-10-23/h1-4H,5-13H2. The molecule has 1 amide bonds. The molecule has 3 heterocycles. The van der Waals surface area contributed by atoms with Crippen molar-refractivity contribution in [3.05, 3.63) is 53.0 Å². The maximum absolute atomic E-state index is 13.9. The van der Waals surface area contributed by atoms with Gasteiger partial charge in [-0.2, -0.15) is 0 Å². The van der Waals surface area contributed by atoms with E-state index in [1.165, 1.54) is 6.07 Å². The number of ether oxygens (including phenoxy) is 1. The number of rotatable bonds is 3. The third-order valence-corrected chi connectivity index (χ3v) is 4.93. The summed E-state index contributed by atoms with van der Waals surface area (Å²) < 4.78 is 24.9. The average Bonchev–Trinajstić information content (AvgIpc) is 3.00. The lowest BCUT2D eigenvalue weighted by Crippen LogP contribution is -2.40. The summed E-state index contributed by atoms with van der Waals surface area (Å²) in [6.45, 7) is 4.33. The summed E-state index contributed by atoms with van der Waals surface area (Å²) in [6.07, 6.45) is 1.37. The second-order valence-corrected chi connectivity index (χ2v) is 6.66. The number of benzene rings is 1. The number of fused-ring (bicyclic) bond motifs is 1. The second kappa shape index (κ2) is 7.55. The van der Waals surface area contributed by atoms with Gasteiger partial charge in [-0.15, -0.1) is 0 Å². The molecule has 0 unspecified atom stereocenters. The van der Waals surface area contributed by atoms with Gasteiger partial charge in [0.2, 0.25) is 0 Å². The molecule has 2 aliphatic rings. The van der Waals surface area contributed by atoms with Gasteiger partial charge in [-0.05, 0) is 6.07 Å². The summed E-state index contributed by atoms with van der Waals surface area (Å²) in [5.74, 6) is 0.617. The lowest BCUT2D eigenvalue weighted by molar-refractivity contribution is 0.0276. The Bertz CT molecular complexity index is 761. The summed E-state index contributed by atoms with van der Waals surface area (Å²) in [7, 11) is 0. The number of carbonyl (C=O) groups is 1. The molecule has 1 aromatic heterocycles. The Balaban J connectivity index is 1.41. The normalized spacial score (nSPS) is 18.4. The number of nitrogens with zero attached hydrogens (tertiary/aromatic N) is 3. The summed E-state index contributed by atoms with van der Waals surface area (Å²) >= 11 is 0. The Kier molecular flexibility index (Phi) is 4.99. The summed E-state index contributed by atoms with van der Waals surface area (Å²) in [4.78, 5) is 20.9. The van der Waals surface area contributed by atoms with E-state index in [0.29, 0.717) is 51.3 Å². The topological polar surface area (TPSA) is 58.8 Å². The molecule has 7 heteroatoms. The molecule has 0 radical (unpaired) electrons. The van der Waals surface area contributed by atoms with Crippen molar-refractivity contribution in [2.75, 3.05) is 39.4 Å². The maximum atomic E-state index is 13.9. The first kappa shape index (κ1) is 17.2. The number of morpholine rings is 1. The molecule has 4 rings (SSSR count). The van der Waals surface area contributed by atoms with Gasteiger partial charge in [0.1, 0.15) is 11.6 Å². The molecule has 6 nitrogen and oxygen atoms in total. The number of oxazole rings is 1. The van der Waals surface area contributed by atoms with E-state index in [9.17, 15) is 9.18 Å². The third-order valence-electron chi connectivity index (χ3n) is 4.93. The first-order valence-electron chi connectivity index (χ1n) is 9.02. The van der Waals surface area contributed by atoms with Gasteiger partial charge < -0.3 is 14.1 Å². The van der Waals surface area contributed by atoms with E-state index >= 15 is 0 Å². The fraction of sp³-hybridized carbons (Fsp3) is 0.474. The zero-order chi connectivity index (χ0) is 17.9. The molecule has 1 saturated heterocycles. The van der Waals surface area contributed by atoms with Crippen LogP contribution in [0.25, 0.3) is 0 Å². The van der Waals surface area contributed by atoms with Crippen LogP contribution in [-0.2, 0) is 24.1 Å². The largest absolute Gasteiger partial charge is 0.437 e. The molecule has 0 N–H and O–H groups in total. The molecule has 26 heavy (non-hydrogen) atoms. The fourth-order valence-electron chi connectivity index (χ4n) is 3.43. The molecule has 0 saturated carbocycles. The van der Waals surface area contributed by atoms with Gasteiger partial charge in [0.25, 0.3) is 5.89 Å². The van der Waals surface area contributed by atoms with Crippen LogP contribution in [0.3, 0.4) is 0 Å². The number of aromatic nitrogens is 1. The van der Waals surface area contributed by atoms with Gasteiger partial charge in [0, 0.05) is 51.1 Å². The van der Waals surface area contributed by atoms with Gasteiger partial charge >= 0.3 is 5.91 Å². The van der Waals surface area contributed by atoms with Crippen molar-refractivity contribution in [3.8, 4) is 0 Å². The maximum Gasteiger partial charge on any atom is 0.309 e. The Morgan fingerprint density at radius 2 is 1.88 bits per heavy atom. The fourth-order valence-corrected chi connectivity index (χ4v) is 3.43. The van der Waals surface area contributed by atoms with E-state index in [4.69, 9.17) is 9.15 Å². The second-order valence-electron chi connectivity index (χ2n) is 6.66. The first-order valence-corrected chi connectivity index (χ1v) is 9.02. The average molecular weight is 359 g/mol. The smallest absolute Gasteiger partial charge is 0.309 e. The highest BCUT2D eigenvalue weighted by molar-refractivity contribution is 5.89. The molecule has 0 bridgehead atoms. The zero-order valence-electron chi connectivity index (χ0n) is 14.6. The number of halogens is 1. The van der Waals surface area contributed by atoms with Crippen LogP contribution < -0.4 is 0 Å². The lowest BCUT2D eigenvalue weighted by Gasteiger charge is -2.25. The van der Waals surface area contributed by atoms with Crippen LogP contribution in [0.2, 0.25) is 0 Å². The minimum atomic E-state index is -0.176. The van der Waals surface area contributed by atoms with Gasteiger partial charge in [0.05, 0.1) is 18.9 Å². The Morgan fingerprint density at radius 1 is 1.12 bits per heavy atom. The van der Waals surface area contributed by atoms with Crippen molar-refractivity contribution >= 4 is 5.91 Å². The minimum absolute atomic E-state index is 0.162. The molecule has 138 valence electrons. The molecule has 0 atom stereocenters. The third kappa shape index (κ3) is 3.64. The highest BCUT2D eigenvalue weighted by atomic mass is 19.1. The van der Waals surface area contributed by atoms with Crippen LogP contribution in [0.5, 0.6) is 0 Å². The summed E-state index contributed by atoms with van der Waals surface area (Å²) in [5.41, 5.74) is 1.54. The molecular weight excluding hydrogens is 337 g/mol. The van der Waals surface area contributed by atoms with Crippen LogP contribution in [0.1, 0.15) is 27.7 Å². The van der Waals surface area contributed by atoms with Gasteiger partial charge in [-0.3, -0.25) is 9.69 Å². The van der Waals surface area contributed by atoms with E-state index in [0.717, 1.165) is 24.5 Å². The molecule has 2 aliphatic heterocycles. The Hall–Kier alpha value is -2.25. The summed E-state index contributed by atoms with van der Waals surface area (Å²) in [6, 6.07) is 6.86. The molecule has 2 aromatic rings. The predicted molar refractivity (Wildman–Crippen MR) is 92.3 cm³/mol. The number of hydrogen-bond acceptors (Lipinski definition) is 5. The van der Waals surface area contributed by atoms with Crippen LogP contribution in [0.15, 0.2) is 28.7 Å². The lowest BCUT2D eigenvalue weighted by atomic mass is 10.2. The molecule has 1 aromatic carbocycles. The van der Waals surface area contributed by atoms with E-state index in [2.05, 4.69) is 9.88 Å². The van der Waals surface area contributed by atoms with Gasteiger partial charge in [-0.1, -0.05) is 18.2 Å². The summed E-state index contributed by atoms with van der Waals surface area (Å²) in [5, 5.41) is 0. The molecule has 0 aliphatic carbocycles. The Labute approximate surface area is 151 Å². The van der Waals surface area contributed by atoms with Crippen LogP contribution >= 0.6 is 0 Å². The van der Waals surface area contributed by atoms with Crippen molar-refractivity contribution in [3.63, 3.8) is 0 Å². The quantitative estimate of drug-likeness (QED) is 0.838. The van der Waals surface area contributed by atoms with Crippen LogP contribution in [-0.4, -0.2) is 60.1 Å². The minimum Gasteiger partial charge on any atom is -0.437 e. The van der Waals surface area contributed by atoms with E-state index < -0.39 is 0 Å². The van der Waals surface area contributed by atoms with Gasteiger partial charge in [0.15, 0.2) is 0 Å². The highest BCUT2D eigenvalue weighted by Gasteiger charge is 2.27. The van der Waals surface area contributed by atoms with Crippen LogP contribution in [0.4, 0.5) is 4.39 Å². The molecule has 0 spiro atoms. The van der Waals surface area contributed by atoms with Crippen molar-refractivity contribution in [2.45, 2.75) is 19.4 Å². The van der Waals surface area contributed by atoms with Gasteiger partial charge in [-0.25, -0.2) is 9.37 Å². The zero-order valence-corrected chi connectivity index (χ0v) is 14.6. The van der Waals surface area contributed by atoms with Crippen LogP contribution in [0, 0.1) is 5.82 Å². The van der Waals surface area contributed by atoms with E-state index in [1.807, 2.05) is 12.1 Å². The Morgan fingerprint density at radius 3 is 2.69 bits per heavy atom. The number of carbonyl (C=O) groups excluding carboxylic acids is 1.